The van der Waals surface area contributed by atoms with Crippen LogP contribution >= 0.6 is 11.3 Å². The molecule has 0 fully saturated rings. The molecular formula is C17H16N2O2S. The zero-order valence-electron chi connectivity index (χ0n) is 12.6. The number of nitrogens with zero attached hydrogens (tertiary/aromatic N) is 1. The molecule has 0 bridgehead atoms. The summed E-state index contributed by atoms with van der Waals surface area (Å²) in [6.45, 7) is 6.03. The Hall–Kier alpha value is -2.40. The maximum atomic E-state index is 12.4. The largest absolute Gasteiger partial charge is 0.462 e. The first-order chi connectivity index (χ1) is 10.5. The van der Waals surface area contributed by atoms with Gasteiger partial charge in [-0.1, -0.05) is 17.7 Å². The van der Waals surface area contributed by atoms with Gasteiger partial charge in [-0.2, -0.15) is 0 Å². The first kappa shape index (κ1) is 14.5. The Morgan fingerprint density at radius 2 is 1.95 bits per heavy atom. The van der Waals surface area contributed by atoms with Crippen LogP contribution in [0.5, 0.6) is 0 Å². The number of thiazole rings is 1. The van der Waals surface area contributed by atoms with Gasteiger partial charge < -0.3 is 9.73 Å². The molecule has 1 N–H and O–H groups in total. The van der Waals surface area contributed by atoms with Gasteiger partial charge in [-0.15, -0.1) is 11.3 Å². The van der Waals surface area contributed by atoms with E-state index < -0.39 is 0 Å². The zero-order chi connectivity index (χ0) is 15.7. The van der Waals surface area contributed by atoms with E-state index in [4.69, 9.17) is 4.42 Å². The van der Waals surface area contributed by atoms with E-state index in [-0.39, 0.29) is 5.91 Å². The van der Waals surface area contributed by atoms with Crippen molar-refractivity contribution in [2.75, 3.05) is 5.32 Å². The monoisotopic (exact) mass is 312 g/mol. The van der Waals surface area contributed by atoms with E-state index >= 15 is 0 Å². The molecule has 2 heterocycles. The summed E-state index contributed by atoms with van der Waals surface area (Å²) < 4.78 is 5.30. The Bertz CT molecular complexity index is 796. The predicted octanol–water partition coefficient (Wildman–Crippen LogP) is 4.58. The summed E-state index contributed by atoms with van der Waals surface area (Å²) in [6.07, 6.45) is 1.59. The van der Waals surface area contributed by atoms with Crippen molar-refractivity contribution in [2.45, 2.75) is 20.8 Å². The molecule has 0 spiro atoms. The van der Waals surface area contributed by atoms with Crippen LogP contribution in [0.25, 0.3) is 10.8 Å². The van der Waals surface area contributed by atoms with E-state index in [2.05, 4.69) is 22.4 Å². The van der Waals surface area contributed by atoms with Gasteiger partial charge in [0.25, 0.3) is 5.91 Å². The number of amides is 1. The maximum absolute atomic E-state index is 12.4. The molecule has 2 aromatic heterocycles. The quantitative estimate of drug-likeness (QED) is 0.770. The molecule has 22 heavy (non-hydrogen) atoms. The Balaban J connectivity index is 1.84. The summed E-state index contributed by atoms with van der Waals surface area (Å²) in [5.41, 5.74) is 4.53. The van der Waals surface area contributed by atoms with Gasteiger partial charge in [0.15, 0.2) is 10.8 Å². The number of carbonyl (C=O) groups excluding carboxylic acids is 1. The van der Waals surface area contributed by atoms with E-state index in [0.717, 1.165) is 16.8 Å². The van der Waals surface area contributed by atoms with Crippen LogP contribution in [0.1, 0.15) is 27.2 Å². The molecule has 3 rings (SSSR count). The fourth-order valence-electron chi connectivity index (χ4n) is 2.45. The van der Waals surface area contributed by atoms with Gasteiger partial charge in [0, 0.05) is 11.1 Å². The Morgan fingerprint density at radius 1 is 1.23 bits per heavy atom. The van der Waals surface area contributed by atoms with Gasteiger partial charge >= 0.3 is 0 Å². The van der Waals surface area contributed by atoms with Crippen LogP contribution in [0.2, 0.25) is 0 Å². The molecule has 0 radical (unpaired) electrons. The molecule has 0 atom stereocenters. The lowest BCUT2D eigenvalue weighted by Crippen LogP contribution is -2.14. The molecule has 0 aliphatic rings. The highest BCUT2D eigenvalue weighted by Gasteiger charge is 2.15. The molecule has 4 nitrogen and oxygen atoms in total. The number of hydrogen-bond donors (Lipinski definition) is 1. The highest BCUT2D eigenvalue weighted by Crippen LogP contribution is 2.26. The summed E-state index contributed by atoms with van der Waals surface area (Å²) >= 11 is 1.39. The van der Waals surface area contributed by atoms with Crippen LogP contribution < -0.4 is 5.32 Å². The Kier molecular flexibility index (Phi) is 3.81. The van der Waals surface area contributed by atoms with Crippen molar-refractivity contribution in [1.29, 1.82) is 0 Å². The van der Waals surface area contributed by atoms with Crippen LogP contribution in [-0.2, 0) is 0 Å². The Morgan fingerprint density at radius 3 is 2.59 bits per heavy atom. The van der Waals surface area contributed by atoms with Crippen LogP contribution in [0.4, 0.5) is 5.69 Å². The third kappa shape index (κ3) is 2.80. The van der Waals surface area contributed by atoms with Crippen molar-refractivity contribution in [1.82, 2.24) is 4.98 Å². The number of carbonyl (C=O) groups is 1. The second kappa shape index (κ2) is 5.77. The minimum atomic E-state index is -0.205. The maximum Gasteiger partial charge on any atom is 0.275 e. The fourth-order valence-corrected chi connectivity index (χ4v) is 3.21. The molecule has 0 saturated carbocycles. The predicted molar refractivity (Wildman–Crippen MR) is 88.4 cm³/mol. The average molecular weight is 312 g/mol. The van der Waals surface area contributed by atoms with Gasteiger partial charge in [-0.25, -0.2) is 4.98 Å². The minimum Gasteiger partial charge on any atom is -0.462 e. The van der Waals surface area contributed by atoms with E-state index in [1.54, 1.807) is 17.7 Å². The molecule has 0 aliphatic heterocycles. The number of hydrogen-bond acceptors (Lipinski definition) is 4. The van der Waals surface area contributed by atoms with Gasteiger partial charge in [-0.05, 0) is 44.0 Å². The molecule has 1 amide bonds. The van der Waals surface area contributed by atoms with Crippen LogP contribution in [-0.4, -0.2) is 10.9 Å². The average Bonchev–Trinajstić information content (AvgIpc) is 3.12. The van der Waals surface area contributed by atoms with Crippen molar-refractivity contribution >= 4 is 22.9 Å². The molecular weight excluding hydrogens is 296 g/mol. The summed E-state index contributed by atoms with van der Waals surface area (Å²) in [5.74, 6) is 0.468. The SMILES string of the molecule is Cc1cc(C)c(NC(=O)c2csc(-c3ccco3)n2)c(C)c1. The van der Waals surface area contributed by atoms with E-state index in [9.17, 15) is 4.79 Å². The van der Waals surface area contributed by atoms with Crippen molar-refractivity contribution in [3.05, 3.63) is 58.3 Å². The lowest BCUT2D eigenvalue weighted by molar-refractivity contribution is 0.102. The fraction of sp³-hybridized carbons (Fsp3) is 0.176. The highest BCUT2D eigenvalue weighted by molar-refractivity contribution is 7.13. The zero-order valence-corrected chi connectivity index (χ0v) is 13.5. The Labute approximate surface area is 132 Å². The molecule has 5 heteroatoms. The summed E-state index contributed by atoms with van der Waals surface area (Å²) in [6, 6.07) is 7.74. The van der Waals surface area contributed by atoms with Crippen LogP contribution in [0, 0.1) is 20.8 Å². The molecule has 0 unspecified atom stereocenters. The number of nitrogens with one attached hydrogen (secondary N) is 1. The minimum absolute atomic E-state index is 0.205. The van der Waals surface area contributed by atoms with Crippen molar-refractivity contribution in [3.63, 3.8) is 0 Å². The first-order valence-corrected chi connectivity index (χ1v) is 7.81. The van der Waals surface area contributed by atoms with Crippen molar-refractivity contribution in [2.24, 2.45) is 0 Å². The van der Waals surface area contributed by atoms with E-state index in [1.807, 2.05) is 26.8 Å². The molecule has 0 saturated heterocycles. The molecule has 112 valence electrons. The van der Waals surface area contributed by atoms with Crippen molar-refractivity contribution in [3.8, 4) is 10.8 Å². The van der Waals surface area contributed by atoms with Crippen LogP contribution in [0.3, 0.4) is 0 Å². The lowest BCUT2D eigenvalue weighted by atomic mass is 10.1. The number of aryl methyl sites for hydroxylation is 3. The van der Waals surface area contributed by atoms with Gasteiger partial charge in [0.05, 0.1) is 6.26 Å². The normalized spacial score (nSPS) is 10.7. The number of furan rings is 1. The number of aromatic nitrogens is 1. The van der Waals surface area contributed by atoms with Gasteiger partial charge in [0.2, 0.25) is 0 Å². The molecule has 1 aromatic carbocycles. The van der Waals surface area contributed by atoms with E-state index in [1.165, 1.54) is 16.9 Å². The second-order valence-electron chi connectivity index (χ2n) is 5.24. The molecule has 0 aliphatic carbocycles. The second-order valence-corrected chi connectivity index (χ2v) is 6.10. The third-order valence-corrected chi connectivity index (χ3v) is 4.24. The topological polar surface area (TPSA) is 55.1 Å². The summed E-state index contributed by atoms with van der Waals surface area (Å²) in [7, 11) is 0. The third-order valence-electron chi connectivity index (χ3n) is 3.38. The van der Waals surface area contributed by atoms with Gasteiger partial charge in [0.1, 0.15) is 5.69 Å². The molecule has 3 aromatic rings. The first-order valence-electron chi connectivity index (χ1n) is 6.93. The number of benzene rings is 1. The smallest absolute Gasteiger partial charge is 0.275 e. The standard InChI is InChI=1S/C17H16N2O2S/c1-10-7-11(2)15(12(3)8-10)19-16(20)13-9-22-17(18-13)14-5-4-6-21-14/h4-9H,1-3H3,(H,19,20). The van der Waals surface area contributed by atoms with Crippen LogP contribution in [0.15, 0.2) is 40.3 Å². The number of rotatable bonds is 3. The number of anilines is 1. The lowest BCUT2D eigenvalue weighted by Gasteiger charge is -2.11. The van der Waals surface area contributed by atoms with E-state index in [0.29, 0.717) is 16.5 Å². The summed E-state index contributed by atoms with van der Waals surface area (Å²) in [4.78, 5) is 16.7. The van der Waals surface area contributed by atoms with Gasteiger partial charge in [-0.3, -0.25) is 4.79 Å². The van der Waals surface area contributed by atoms with Crippen molar-refractivity contribution < 1.29 is 9.21 Å². The highest BCUT2D eigenvalue weighted by atomic mass is 32.1. The summed E-state index contributed by atoms with van der Waals surface area (Å²) in [5, 5.41) is 5.40.